The van der Waals surface area contributed by atoms with Crippen LogP contribution in [0.5, 0.6) is 17.2 Å². The molecule has 0 amide bonds. The van der Waals surface area contributed by atoms with Crippen molar-refractivity contribution in [3.8, 4) is 28.4 Å². The molecule has 244 valence electrons. The number of rotatable bonds is 7. The average Bonchev–Trinajstić information content (AvgIpc) is 3.44. The zero-order chi connectivity index (χ0) is 33.0. The van der Waals surface area contributed by atoms with Crippen LogP contribution in [0, 0.1) is 6.92 Å². The Morgan fingerprint density at radius 2 is 1.52 bits per heavy atom. The van der Waals surface area contributed by atoms with Crippen LogP contribution in [0.15, 0.2) is 91.0 Å². The number of benzene rings is 5. The van der Waals surface area contributed by atoms with Gasteiger partial charge in [-0.25, -0.2) is 0 Å². The summed E-state index contributed by atoms with van der Waals surface area (Å²) in [5, 5.41) is 2.26. The molecule has 48 heavy (non-hydrogen) atoms. The molecule has 5 heteroatoms. The number of aryl methyl sites for hydroxylation is 1. The van der Waals surface area contributed by atoms with Crippen LogP contribution in [-0.4, -0.2) is 40.5 Å². The predicted octanol–water partition coefficient (Wildman–Crippen LogP) is 9.44. The SMILES string of the molecule is CCC1(CC)c2cc(C)ccc2-c2c1c1c(c3cc(OC)c(N4CCOCC4)cc23)OC(c2ccccc2)(c2ccc(OC)cc2)C=C1. The highest BCUT2D eigenvalue weighted by molar-refractivity contribution is 6.10. The van der Waals surface area contributed by atoms with Gasteiger partial charge in [-0.3, -0.25) is 0 Å². The number of hydrogen-bond acceptors (Lipinski definition) is 5. The van der Waals surface area contributed by atoms with Gasteiger partial charge in [0.1, 0.15) is 17.2 Å². The largest absolute Gasteiger partial charge is 0.497 e. The Kier molecular flexibility index (Phi) is 7.48. The highest BCUT2D eigenvalue weighted by atomic mass is 16.5. The molecule has 8 rings (SSSR count). The normalized spacial score (nSPS) is 19.0. The van der Waals surface area contributed by atoms with Crippen LogP contribution in [0.1, 0.15) is 60.1 Å². The Bertz CT molecular complexity index is 2040. The maximum Gasteiger partial charge on any atom is 0.178 e. The molecule has 2 aliphatic heterocycles. The number of ether oxygens (including phenoxy) is 4. The van der Waals surface area contributed by atoms with E-state index in [0.717, 1.165) is 70.9 Å². The number of nitrogens with zero attached hydrogens (tertiary/aromatic N) is 1. The van der Waals surface area contributed by atoms with Crippen LogP contribution in [0.4, 0.5) is 5.69 Å². The van der Waals surface area contributed by atoms with Crippen LogP contribution in [0.3, 0.4) is 0 Å². The third kappa shape index (κ3) is 4.40. The average molecular weight is 638 g/mol. The molecule has 0 bridgehead atoms. The molecular weight excluding hydrogens is 594 g/mol. The molecule has 1 unspecified atom stereocenters. The molecule has 0 saturated carbocycles. The Balaban J connectivity index is 1.48. The van der Waals surface area contributed by atoms with E-state index in [1.54, 1.807) is 14.2 Å². The molecule has 0 radical (unpaired) electrons. The molecule has 1 saturated heterocycles. The molecule has 5 aromatic carbocycles. The fourth-order valence-electron chi connectivity index (χ4n) is 8.54. The van der Waals surface area contributed by atoms with Gasteiger partial charge in [0.15, 0.2) is 5.60 Å². The smallest absolute Gasteiger partial charge is 0.178 e. The molecule has 0 aromatic heterocycles. The van der Waals surface area contributed by atoms with Crippen molar-refractivity contribution in [1.29, 1.82) is 0 Å². The van der Waals surface area contributed by atoms with E-state index in [0.29, 0.717) is 13.2 Å². The van der Waals surface area contributed by atoms with Crippen molar-refractivity contribution < 1.29 is 18.9 Å². The summed E-state index contributed by atoms with van der Waals surface area (Å²) in [5.74, 6) is 2.56. The van der Waals surface area contributed by atoms with E-state index in [2.05, 4.69) is 111 Å². The summed E-state index contributed by atoms with van der Waals surface area (Å²) in [6.07, 6.45) is 6.60. The third-order valence-electron chi connectivity index (χ3n) is 11.1. The molecule has 0 spiro atoms. The van der Waals surface area contributed by atoms with Crippen molar-refractivity contribution in [1.82, 2.24) is 0 Å². The van der Waals surface area contributed by atoms with Crippen molar-refractivity contribution in [2.24, 2.45) is 0 Å². The van der Waals surface area contributed by atoms with Crippen molar-refractivity contribution in [3.05, 3.63) is 124 Å². The second-order valence-corrected chi connectivity index (χ2v) is 13.3. The monoisotopic (exact) mass is 637 g/mol. The summed E-state index contributed by atoms with van der Waals surface area (Å²) in [6, 6.07) is 30.4. The maximum absolute atomic E-state index is 7.58. The Morgan fingerprint density at radius 3 is 2.21 bits per heavy atom. The second kappa shape index (κ2) is 11.7. The van der Waals surface area contributed by atoms with Crippen molar-refractivity contribution in [3.63, 3.8) is 0 Å². The highest BCUT2D eigenvalue weighted by Gasteiger charge is 2.47. The van der Waals surface area contributed by atoms with E-state index in [1.807, 2.05) is 12.1 Å². The quantitative estimate of drug-likeness (QED) is 0.178. The predicted molar refractivity (Wildman–Crippen MR) is 195 cm³/mol. The van der Waals surface area contributed by atoms with Crippen LogP contribution in [0.25, 0.3) is 28.0 Å². The van der Waals surface area contributed by atoms with Crippen LogP contribution in [-0.2, 0) is 15.8 Å². The minimum absolute atomic E-state index is 0.144. The molecule has 0 N–H and O–H groups in total. The van der Waals surface area contributed by atoms with Gasteiger partial charge in [-0.05, 0) is 77.7 Å². The Hall–Kier alpha value is -4.74. The first-order valence-electron chi connectivity index (χ1n) is 17.2. The molecule has 1 atom stereocenters. The van der Waals surface area contributed by atoms with Crippen molar-refractivity contribution in [2.75, 3.05) is 45.4 Å². The van der Waals surface area contributed by atoms with Crippen LogP contribution in [0.2, 0.25) is 0 Å². The highest BCUT2D eigenvalue weighted by Crippen LogP contribution is 2.61. The summed E-state index contributed by atoms with van der Waals surface area (Å²) >= 11 is 0. The van der Waals surface area contributed by atoms with Gasteiger partial charge in [-0.2, -0.15) is 0 Å². The number of methoxy groups -OCH3 is 2. The first-order valence-corrected chi connectivity index (χ1v) is 17.2. The lowest BCUT2D eigenvalue weighted by Gasteiger charge is -2.39. The maximum atomic E-state index is 7.58. The summed E-state index contributed by atoms with van der Waals surface area (Å²) in [6.45, 7) is 9.95. The molecule has 5 nitrogen and oxygen atoms in total. The van der Waals surface area contributed by atoms with E-state index >= 15 is 0 Å². The molecule has 5 aromatic rings. The van der Waals surface area contributed by atoms with Gasteiger partial charge in [0, 0.05) is 40.6 Å². The zero-order valence-corrected chi connectivity index (χ0v) is 28.6. The number of hydrogen-bond donors (Lipinski definition) is 0. The zero-order valence-electron chi connectivity index (χ0n) is 28.6. The molecule has 1 fully saturated rings. The Labute approximate surface area is 283 Å². The van der Waals surface area contributed by atoms with Gasteiger partial charge in [-0.1, -0.05) is 86.2 Å². The van der Waals surface area contributed by atoms with Crippen molar-refractivity contribution in [2.45, 2.75) is 44.6 Å². The van der Waals surface area contributed by atoms with E-state index in [1.165, 1.54) is 33.2 Å². The van der Waals surface area contributed by atoms with Gasteiger partial charge in [0.2, 0.25) is 0 Å². The first kappa shape index (κ1) is 30.6. The second-order valence-electron chi connectivity index (χ2n) is 13.3. The number of anilines is 1. The summed E-state index contributed by atoms with van der Waals surface area (Å²) in [4.78, 5) is 2.40. The van der Waals surface area contributed by atoms with E-state index < -0.39 is 5.60 Å². The lowest BCUT2D eigenvalue weighted by molar-refractivity contribution is 0.122. The van der Waals surface area contributed by atoms with Gasteiger partial charge >= 0.3 is 0 Å². The van der Waals surface area contributed by atoms with Gasteiger partial charge in [0.25, 0.3) is 0 Å². The standard InChI is InChI=1S/C43H43NO4/c1-6-42(7-2)36-25-28(3)13-18-32(36)39-34-26-37(44-21-23-47-24-22-44)38(46-5)27-35(34)41-33(40(39)42)19-20-43(48-41,29-11-9-8-10-12-29)30-14-16-31(45-4)17-15-30/h8-20,25-27H,6-7,21-24H2,1-5H3. The topological polar surface area (TPSA) is 40.2 Å². The number of fused-ring (bicyclic) bond motifs is 8. The molecule has 2 heterocycles. The van der Waals surface area contributed by atoms with E-state index in [4.69, 9.17) is 18.9 Å². The summed E-state index contributed by atoms with van der Waals surface area (Å²) in [7, 11) is 3.47. The fraction of sp³-hybridized carbons (Fsp3) is 0.302. The van der Waals surface area contributed by atoms with Crippen LogP contribution < -0.4 is 19.1 Å². The van der Waals surface area contributed by atoms with Crippen LogP contribution >= 0.6 is 0 Å². The van der Waals surface area contributed by atoms with Crippen molar-refractivity contribution >= 4 is 22.5 Å². The molecule has 3 aliphatic rings. The van der Waals surface area contributed by atoms with Gasteiger partial charge in [-0.15, -0.1) is 0 Å². The lowest BCUT2D eigenvalue weighted by Crippen LogP contribution is -2.36. The molecular formula is C43H43NO4. The fourth-order valence-corrected chi connectivity index (χ4v) is 8.54. The summed E-state index contributed by atoms with van der Waals surface area (Å²) < 4.78 is 25.0. The number of morpholine rings is 1. The minimum atomic E-state index is -0.846. The van der Waals surface area contributed by atoms with E-state index in [-0.39, 0.29) is 5.41 Å². The first-order chi connectivity index (χ1) is 23.5. The molecule has 1 aliphatic carbocycles. The summed E-state index contributed by atoms with van der Waals surface area (Å²) in [5.41, 5.74) is 10.1. The lowest BCUT2D eigenvalue weighted by atomic mass is 9.71. The van der Waals surface area contributed by atoms with Gasteiger partial charge in [0.05, 0.1) is 33.1 Å². The minimum Gasteiger partial charge on any atom is -0.497 e. The van der Waals surface area contributed by atoms with Gasteiger partial charge < -0.3 is 23.8 Å². The Morgan fingerprint density at radius 1 is 0.792 bits per heavy atom. The van der Waals surface area contributed by atoms with E-state index in [9.17, 15) is 0 Å². The third-order valence-corrected chi connectivity index (χ3v) is 11.1.